The number of pyridine rings is 2. The second kappa shape index (κ2) is 15.6. The summed E-state index contributed by atoms with van der Waals surface area (Å²) in [5.74, 6) is -3.25. The Morgan fingerprint density at radius 3 is 1.60 bits per heavy atom. The maximum Gasteiger partial charge on any atom is 0.350 e. The van der Waals surface area contributed by atoms with Crippen LogP contribution in [0.3, 0.4) is 0 Å². The number of sulfonamides is 1. The van der Waals surface area contributed by atoms with Crippen molar-refractivity contribution in [2.75, 3.05) is 23.9 Å². The van der Waals surface area contributed by atoms with E-state index in [4.69, 9.17) is 5.73 Å². The highest BCUT2D eigenvalue weighted by Crippen LogP contribution is 2.32. The Morgan fingerprint density at radius 1 is 0.731 bits per heavy atom. The largest absolute Gasteiger partial charge is 0.350 e. The number of anilines is 4. The molecule has 0 aliphatic rings. The highest BCUT2D eigenvalue weighted by Gasteiger charge is 2.24. The van der Waals surface area contributed by atoms with Crippen LogP contribution in [0.25, 0.3) is 22.1 Å². The predicted molar refractivity (Wildman–Crippen MR) is 194 cm³/mol. The minimum Gasteiger partial charge on any atom is -0.334 e. The van der Waals surface area contributed by atoms with Crippen molar-refractivity contribution in [3.05, 3.63) is 95.3 Å². The number of nitrogens with one attached hydrogen (secondary N) is 1. The quantitative estimate of drug-likeness (QED) is 0.154. The number of benzene rings is 2. The minimum atomic E-state index is -4.80. The zero-order valence-electron chi connectivity index (χ0n) is 29.6. The van der Waals surface area contributed by atoms with Crippen molar-refractivity contribution in [3.8, 4) is 0 Å². The van der Waals surface area contributed by atoms with Crippen molar-refractivity contribution in [2.24, 2.45) is 19.8 Å². The summed E-state index contributed by atoms with van der Waals surface area (Å²) in [5.41, 5.74) is 12.6. The van der Waals surface area contributed by atoms with Crippen molar-refractivity contribution < 1.29 is 26.0 Å². The first-order valence-corrected chi connectivity index (χ1v) is 17.8. The van der Waals surface area contributed by atoms with Gasteiger partial charge >= 0.3 is 5.76 Å². The van der Waals surface area contributed by atoms with E-state index in [-0.39, 0.29) is 17.9 Å². The van der Waals surface area contributed by atoms with Crippen LogP contribution in [-0.4, -0.2) is 57.3 Å². The molecular weight excluding hydrogens is 701 g/mol. The summed E-state index contributed by atoms with van der Waals surface area (Å²) in [5, 5.41) is 0. The van der Waals surface area contributed by atoms with E-state index in [9.17, 15) is 26.0 Å². The lowest BCUT2D eigenvalue weighted by molar-refractivity contribution is 0.232. The molecule has 276 valence electrons. The molecule has 12 nitrogen and oxygen atoms in total. The molecule has 0 saturated carbocycles. The maximum absolute atomic E-state index is 14.6. The molecule has 0 aliphatic heterocycles. The molecule has 17 heteroatoms. The third kappa shape index (κ3) is 7.85. The number of aryl methyl sites for hydroxylation is 4. The van der Waals surface area contributed by atoms with Gasteiger partial charge in [-0.1, -0.05) is 13.8 Å². The van der Waals surface area contributed by atoms with Crippen molar-refractivity contribution in [1.82, 2.24) is 33.8 Å². The summed E-state index contributed by atoms with van der Waals surface area (Å²) in [6.45, 7) is 3.54. The van der Waals surface area contributed by atoms with Gasteiger partial charge in [0.15, 0.2) is 0 Å². The second-order valence-electron chi connectivity index (χ2n) is 12.1. The number of hydrogen-bond donors (Lipinski definition) is 2. The number of fused-ring (bicyclic) bond motifs is 2. The molecule has 4 heterocycles. The van der Waals surface area contributed by atoms with Gasteiger partial charge in [-0.2, -0.15) is 8.78 Å². The van der Waals surface area contributed by atoms with E-state index in [1.165, 1.54) is 18.2 Å². The zero-order chi connectivity index (χ0) is 37.9. The number of nitrogens with two attached hydrogens (primary N) is 1. The van der Waals surface area contributed by atoms with Gasteiger partial charge in [-0.3, -0.25) is 0 Å². The number of nitrogens with zero attached hydrogens (tertiary/aromatic N) is 8. The monoisotopic (exact) mass is 740 g/mol. The standard InChI is InChI=1S/C18H20F3N5O2S.C17H20FN5/c1-4-11-5-12(8-24-29(27,28)18(20)21)13(19)6-15(11)26(3)17-7-16-14(9-22-17)23-10-25(16)2;1-4-11-5-12(8-19)13(18)6-15(11)23(3)17-7-16-14(9-20-17)21-10-22(16)2/h5-7,9-10,18,24H,4,8H2,1-3H3;5-7,9-10H,4,8,19H2,1-3H3. The molecule has 0 fully saturated rings. The summed E-state index contributed by atoms with van der Waals surface area (Å²) < 4.78 is 81.7. The van der Waals surface area contributed by atoms with Gasteiger partial charge in [-0.05, 0) is 48.2 Å². The molecule has 0 saturated heterocycles. The lowest BCUT2D eigenvalue weighted by Gasteiger charge is -2.22. The van der Waals surface area contributed by atoms with Crippen molar-refractivity contribution in [2.45, 2.75) is 45.5 Å². The fraction of sp³-hybridized carbons (Fsp3) is 0.314. The minimum absolute atomic E-state index is 0.0155. The molecule has 0 aliphatic carbocycles. The summed E-state index contributed by atoms with van der Waals surface area (Å²) in [4.78, 5) is 20.9. The second-order valence-corrected chi connectivity index (χ2v) is 13.8. The maximum atomic E-state index is 14.6. The van der Waals surface area contributed by atoms with Gasteiger partial charge in [0.2, 0.25) is 0 Å². The van der Waals surface area contributed by atoms with Crippen molar-refractivity contribution in [3.63, 3.8) is 0 Å². The lowest BCUT2D eigenvalue weighted by atomic mass is 10.0. The van der Waals surface area contributed by atoms with E-state index < -0.39 is 28.1 Å². The van der Waals surface area contributed by atoms with E-state index in [2.05, 4.69) is 19.9 Å². The van der Waals surface area contributed by atoms with Crippen LogP contribution in [0.4, 0.5) is 40.6 Å². The summed E-state index contributed by atoms with van der Waals surface area (Å²) in [7, 11) is 2.61. The van der Waals surface area contributed by atoms with E-state index >= 15 is 0 Å². The Morgan fingerprint density at radius 2 is 1.17 bits per heavy atom. The van der Waals surface area contributed by atoms with E-state index in [0.29, 0.717) is 29.1 Å². The van der Waals surface area contributed by atoms with Gasteiger partial charge in [0.05, 0.1) is 36.1 Å². The molecular formula is C35H40F4N10O2S. The molecule has 4 aromatic heterocycles. The van der Waals surface area contributed by atoms with Crippen molar-refractivity contribution >= 4 is 55.1 Å². The van der Waals surface area contributed by atoms with Gasteiger partial charge in [0.1, 0.15) is 34.3 Å². The van der Waals surface area contributed by atoms with Crippen LogP contribution in [0, 0.1) is 11.6 Å². The van der Waals surface area contributed by atoms with Gasteiger partial charge in [-0.25, -0.2) is 41.9 Å². The molecule has 3 N–H and O–H groups in total. The first-order valence-electron chi connectivity index (χ1n) is 16.3. The Balaban J connectivity index is 0.000000206. The Kier molecular flexibility index (Phi) is 11.5. The molecule has 2 aromatic carbocycles. The molecule has 52 heavy (non-hydrogen) atoms. The smallest absolute Gasteiger partial charge is 0.334 e. The molecule has 0 unspecified atom stereocenters. The number of hydrogen-bond acceptors (Lipinski definition) is 9. The summed E-state index contributed by atoms with van der Waals surface area (Å²) in [6.07, 6.45) is 8.09. The highest BCUT2D eigenvalue weighted by molar-refractivity contribution is 7.89. The van der Waals surface area contributed by atoms with Crippen LogP contribution in [0.2, 0.25) is 0 Å². The van der Waals surface area contributed by atoms with Crippen LogP contribution < -0.4 is 20.3 Å². The average molecular weight is 741 g/mol. The fourth-order valence-corrected chi connectivity index (χ4v) is 6.18. The average Bonchev–Trinajstić information content (AvgIpc) is 3.70. The first-order chi connectivity index (χ1) is 24.7. The number of aromatic nitrogens is 6. The van der Waals surface area contributed by atoms with Crippen LogP contribution in [-0.2, 0) is 50.0 Å². The topological polar surface area (TPSA) is 140 Å². The SMILES string of the molecule is CCc1cc(CN)c(F)cc1N(C)c1cc2c(cn1)ncn2C.CCc1cc(CNS(=O)(=O)C(F)F)c(F)cc1N(C)c1cc2c(cn1)ncn2C. The third-order valence-corrected chi connectivity index (χ3v) is 9.80. The molecule has 6 aromatic rings. The van der Waals surface area contributed by atoms with Gasteiger partial charge in [0, 0.05) is 75.9 Å². The first kappa shape index (κ1) is 38.1. The normalized spacial score (nSPS) is 11.7. The van der Waals surface area contributed by atoms with E-state index in [1.54, 1.807) is 41.7 Å². The summed E-state index contributed by atoms with van der Waals surface area (Å²) in [6, 6.07) is 9.87. The molecule has 6 rings (SSSR count). The van der Waals surface area contributed by atoms with Crippen LogP contribution in [0.15, 0.2) is 61.4 Å². The van der Waals surface area contributed by atoms with Crippen LogP contribution >= 0.6 is 0 Å². The molecule has 0 amide bonds. The molecule has 0 radical (unpaired) electrons. The fourth-order valence-electron chi connectivity index (χ4n) is 5.69. The number of rotatable bonds is 11. The summed E-state index contributed by atoms with van der Waals surface area (Å²) >= 11 is 0. The molecule has 0 bridgehead atoms. The number of halogens is 4. The molecule has 0 atom stereocenters. The number of imidazole rings is 2. The van der Waals surface area contributed by atoms with Crippen LogP contribution in [0.5, 0.6) is 0 Å². The van der Waals surface area contributed by atoms with Gasteiger partial charge in [0.25, 0.3) is 10.0 Å². The van der Waals surface area contributed by atoms with Crippen molar-refractivity contribution in [1.29, 1.82) is 0 Å². The van der Waals surface area contributed by atoms with Gasteiger partial charge < -0.3 is 24.7 Å². The van der Waals surface area contributed by atoms with E-state index in [0.717, 1.165) is 45.6 Å². The zero-order valence-corrected chi connectivity index (χ0v) is 30.4. The lowest BCUT2D eigenvalue weighted by Crippen LogP contribution is -2.29. The molecule has 0 spiro atoms. The van der Waals surface area contributed by atoms with Gasteiger partial charge in [-0.15, -0.1) is 0 Å². The Bertz CT molecular complexity index is 2330. The third-order valence-electron chi connectivity index (χ3n) is 8.78. The Hall–Kier alpha value is -5.13. The Labute approximate surface area is 299 Å². The predicted octanol–water partition coefficient (Wildman–Crippen LogP) is 5.98. The number of alkyl halides is 2. The van der Waals surface area contributed by atoms with E-state index in [1.807, 2.05) is 67.2 Å². The van der Waals surface area contributed by atoms with Crippen LogP contribution in [0.1, 0.15) is 36.1 Å². The highest BCUT2D eigenvalue weighted by atomic mass is 32.2.